The Hall–Kier alpha value is -7.46. The molecule has 4 N–H and O–H groups in total. The molecule has 1 aliphatic carbocycles. The topological polar surface area (TPSA) is 160 Å². The molecule has 12 nitrogen and oxygen atoms in total. The summed E-state index contributed by atoms with van der Waals surface area (Å²) in [4.78, 5) is 54.2. The maximum Gasteiger partial charge on any atom is 0.258 e. The van der Waals surface area contributed by atoms with Crippen molar-refractivity contribution >= 4 is 34.8 Å². The second kappa shape index (κ2) is 33.6. The highest BCUT2D eigenvalue weighted by Crippen LogP contribution is 2.43. The summed E-state index contributed by atoms with van der Waals surface area (Å²) in [5.41, 5.74) is 12.7. The number of aromatic nitrogens is 1. The van der Waals surface area contributed by atoms with E-state index in [-0.39, 0.29) is 47.7 Å². The molecule has 0 radical (unpaired) electrons. The summed E-state index contributed by atoms with van der Waals surface area (Å²) in [7, 11) is 3.39. The Balaban J connectivity index is 0.000000205. The van der Waals surface area contributed by atoms with E-state index in [4.69, 9.17) is 24.7 Å². The molecule has 10 rings (SSSR count). The molecule has 2 amide bonds. The maximum atomic E-state index is 14.2. The van der Waals surface area contributed by atoms with Gasteiger partial charge in [0, 0.05) is 67.7 Å². The minimum atomic E-state index is -1.24. The molecule has 14 heteroatoms. The van der Waals surface area contributed by atoms with E-state index in [1.807, 2.05) is 66.7 Å². The standard InChI is InChI=1S/C35H39FN2O3.C26H24FNO3.C9H19NO2.C3H6/c1-23(2)33-32(35(39)37-28-13-9-6-10-14-28)31(25-11-7-5-8-12-25)34(26-15-17-27(36)18-16-26)38(33)20-19-29-21-24(3)22-30(40-4)41-29;1-17(2)24(29)23(26(31)28-21-11-7-4-8-12-21)22(18-9-5-3-6-10-18)25(30)19-13-15-20(27)16-14-19;1-7-5-8(3-4-10)12-9(6-7)11-2;1-2-3-1/h5-18,23-24,29-30H,19-22H2,1-4H3,(H,37,39);3-17,22-23H,1-2H3,(H,28,31);7-9H,3-6,10H2,1-2H3;1-3H2/t24-,29?,30-;;7-,8?,9-;/m1.1./s1. The third kappa shape index (κ3) is 19.5. The summed E-state index contributed by atoms with van der Waals surface area (Å²) in [6.07, 6.45) is 10.3. The summed E-state index contributed by atoms with van der Waals surface area (Å²) >= 11 is 0. The minimum absolute atomic E-state index is 0.00898. The summed E-state index contributed by atoms with van der Waals surface area (Å²) in [6, 6.07) is 48.8. The number of ketones is 2. The highest BCUT2D eigenvalue weighted by molar-refractivity contribution is 6.15. The zero-order chi connectivity index (χ0) is 62.4. The predicted octanol–water partition coefficient (Wildman–Crippen LogP) is 16.1. The molecule has 0 bridgehead atoms. The van der Waals surface area contributed by atoms with Gasteiger partial charge in [-0.15, -0.1) is 0 Å². The van der Waals surface area contributed by atoms with E-state index in [2.05, 4.69) is 42.9 Å². The van der Waals surface area contributed by atoms with Crippen LogP contribution in [0.15, 0.2) is 170 Å². The Labute approximate surface area is 513 Å². The number of hydrogen-bond donors (Lipinski definition) is 3. The fourth-order valence-electron chi connectivity index (χ4n) is 11.2. The molecule has 6 aromatic carbocycles. The molecular formula is C73H88F2N4O8. The Morgan fingerprint density at radius 3 is 1.54 bits per heavy atom. The van der Waals surface area contributed by atoms with Gasteiger partial charge >= 0.3 is 0 Å². The average molecular weight is 1190 g/mol. The Morgan fingerprint density at radius 2 is 1.07 bits per heavy atom. The molecule has 7 aromatic rings. The molecule has 8 atom stereocenters. The van der Waals surface area contributed by atoms with E-state index in [1.54, 1.807) is 94.8 Å². The van der Waals surface area contributed by atoms with Crippen LogP contribution in [0.5, 0.6) is 0 Å². The van der Waals surface area contributed by atoms with Gasteiger partial charge in [0.15, 0.2) is 18.4 Å². The minimum Gasteiger partial charge on any atom is -0.356 e. The van der Waals surface area contributed by atoms with Crippen molar-refractivity contribution in [2.45, 2.75) is 142 Å². The summed E-state index contributed by atoms with van der Waals surface area (Å²) in [5, 5.41) is 5.91. The molecule has 462 valence electrons. The third-order valence-corrected chi connectivity index (χ3v) is 15.6. The van der Waals surface area contributed by atoms with Crippen LogP contribution in [0.3, 0.4) is 0 Å². The number of amides is 2. The van der Waals surface area contributed by atoms with Crippen LogP contribution in [0.4, 0.5) is 20.2 Å². The summed E-state index contributed by atoms with van der Waals surface area (Å²) in [5.74, 6) is -3.72. The molecule has 3 aliphatic rings. The molecule has 0 spiro atoms. The highest BCUT2D eigenvalue weighted by atomic mass is 19.1. The SMILES string of the molecule is C1CC1.CC(C)C(=O)C(C(=O)Nc1ccccc1)C(C(=O)c1ccc(F)cc1)c1ccccc1.CO[C@H]1C[C@H](C)CC(CCN)O1.CO[C@H]1C[C@H](C)CC(CCn2c(-c3ccc(F)cc3)c(-c3ccccc3)c(C(=O)Nc3ccccc3)c2C(C)C)O1. The van der Waals surface area contributed by atoms with Crippen LogP contribution >= 0.6 is 0 Å². The number of carbonyl (C=O) groups excluding carboxylic acids is 4. The fourth-order valence-corrected chi connectivity index (χ4v) is 11.2. The largest absolute Gasteiger partial charge is 0.356 e. The fraction of sp³-hybridized carbons (Fsp3) is 0.397. The zero-order valence-corrected chi connectivity index (χ0v) is 51.8. The quantitative estimate of drug-likeness (QED) is 0.0499. The number of carbonyl (C=O) groups is 4. The smallest absolute Gasteiger partial charge is 0.258 e. The first kappa shape index (κ1) is 67.1. The number of ether oxygens (including phenoxy) is 4. The van der Waals surface area contributed by atoms with Crippen molar-refractivity contribution in [2.24, 2.45) is 29.4 Å². The van der Waals surface area contributed by atoms with Crippen LogP contribution < -0.4 is 16.4 Å². The van der Waals surface area contributed by atoms with Gasteiger partial charge in [-0.2, -0.15) is 0 Å². The van der Waals surface area contributed by atoms with Gasteiger partial charge < -0.3 is 39.9 Å². The first-order valence-corrected chi connectivity index (χ1v) is 30.7. The first-order chi connectivity index (χ1) is 42.0. The molecule has 1 aromatic heterocycles. The number of Topliss-reactive ketones (excluding diaryl/α,β-unsaturated/α-hetero) is 2. The van der Waals surface area contributed by atoms with Gasteiger partial charge in [-0.3, -0.25) is 19.2 Å². The Kier molecular flexibility index (Phi) is 25.9. The van der Waals surface area contributed by atoms with Crippen molar-refractivity contribution < 1.29 is 46.9 Å². The number of rotatable bonds is 20. The van der Waals surface area contributed by atoms with Crippen molar-refractivity contribution in [1.82, 2.24) is 4.57 Å². The van der Waals surface area contributed by atoms with Gasteiger partial charge in [0.05, 0.1) is 29.4 Å². The number of methoxy groups -OCH3 is 2. The molecule has 3 heterocycles. The van der Waals surface area contributed by atoms with Crippen LogP contribution in [-0.2, 0) is 35.1 Å². The number of benzene rings is 6. The van der Waals surface area contributed by atoms with Crippen molar-refractivity contribution in [3.63, 3.8) is 0 Å². The number of nitrogens with zero attached hydrogens (tertiary/aromatic N) is 1. The van der Waals surface area contributed by atoms with Crippen LogP contribution in [0, 0.1) is 35.3 Å². The van der Waals surface area contributed by atoms with E-state index >= 15 is 0 Å². The average Bonchev–Trinajstić information content (AvgIpc) is 1.69. The normalized spacial score (nSPS) is 19.4. The number of halogens is 2. The number of anilines is 2. The molecule has 4 unspecified atom stereocenters. The van der Waals surface area contributed by atoms with Gasteiger partial charge in [0.25, 0.3) is 5.91 Å². The van der Waals surface area contributed by atoms with E-state index in [0.717, 1.165) is 72.3 Å². The lowest BCUT2D eigenvalue weighted by Crippen LogP contribution is -2.40. The second-order valence-corrected chi connectivity index (χ2v) is 23.6. The number of hydrogen-bond acceptors (Lipinski definition) is 9. The zero-order valence-electron chi connectivity index (χ0n) is 51.8. The lowest BCUT2D eigenvalue weighted by Gasteiger charge is -2.33. The molecule has 2 aliphatic heterocycles. The van der Waals surface area contributed by atoms with E-state index in [0.29, 0.717) is 47.8 Å². The maximum absolute atomic E-state index is 14.2. The Morgan fingerprint density at radius 1 is 0.598 bits per heavy atom. The van der Waals surface area contributed by atoms with Gasteiger partial charge in [-0.1, -0.05) is 158 Å². The lowest BCUT2D eigenvalue weighted by molar-refractivity contribution is -0.193. The third-order valence-electron chi connectivity index (χ3n) is 15.6. The van der Waals surface area contributed by atoms with Gasteiger partial charge in [0.2, 0.25) is 5.91 Å². The lowest BCUT2D eigenvalue weighted by atomic mass is 9.75. The van der Waals surface area contributed by atoms with Crippen LogP contribution in [0.2, 0.25) is 0 Å². The number of nitrogens with two attached hydrogens (primary N) is 1. The highest BCUT2D eigenvalue weighted by Gasteiger charge is 2.41. The van der Waals surface area contributed by atoms with Crippen molar-refractivity contribution in [3.05, 3.63) is 204 Å². The van der Waals surface area contributed by atoms with Gasteiger partial charge in [-0.05, 0) is 139 Å². The van der Waals surface area contributed by atoms with Crippen LogP contribution in [0.1, 0.15) is 143 Å². The Bertz CT molecular complexity index is 3230. The number of nitrogens with one attached hydrogen (secondary N) is 2. The predicted molar refractivity (Wildman–Crippen MR) is 342 cm³/mol. The summed E-state index contributed by atoms with van der Waals surface area (Å²) in [6.45, 7) is 13.5. The number of para-hydroxylation sites is 2. The van der Waals surface area contributed by atoms with Crippen molar-refractivity contribution in [2.75, 3.05) is 31.4 Å². The van der Waals surface area contributed by atoms with E-state index < -0.39 is 35.3 Å². The first-order valence-electron chi connectivity index (χ1n) is 30.7. The van der Waals surface area contributed by atoms with Crippen molar-refractivity contribution in [3.8, 4) is 22.4 Å². The van der Waals surface area contributed by atoms with E-state index in [1.165, 1.54) is 55.7 Å². The molecule has 2 saturated heterocycles. The molecule has 1 saturated carbocycles. The molecule has 87 heavy (non-hydrogen) atoms. The monoisotopic (exact) mass is 1190 g/mol. The summed E-state index contributed by atoms with van der Waals surface area (Å²) < 4.78 is 52.4. The van der Waals surface area contributed by atoms with Crippen molar-refractivity contribution in [1.29, 1.82) is 0 Å². The molecular weight excluding hydrogens is 1100 g/mol. The van der Waals surface area contributed by atoms with Crippen LogP contribution in [0.25, 0.3) is 22.4 Å². The van der Waals surface area contributed by atoms with Gasteiger partial charge in [0.1, 0.15) is 23.3 Å². The second-order valence-electron chi connectivity index (χ2n) is 23.6. The van der Waals surface area contributed by atoms with E-state index in [9.17, 15) is 28.0 Å². The molecule has 3 fully saturated rings. The van der Waals surface area contributed by atoms with Gasteiger partial charge in [-0.25, -0.2) is 8.78 Å². The van der Waals surface area contributed by atoms with Crippen LogP contribution in [-0.4, -0.2) is 73.5 Å².